The van der Waals surface area contributed by atoms with Crippen molar-refractivity contribution in [3.8, 4) is 0 Å². The van der Waals surface area contributed by atoms with Crippen molar-refractivity contribution < 1.29 is 9.90 Å². The number of hydrogen-bond acceptors (Lipinski definition) is 7. The van der Waals surface area contributed by atoms with Gasteiger partial charge in [0.15, 0.2) is 5.82 Å². The summed E-state index contributed by atoms with van der Waals surface area (Å²) in [6.45, 7) is 7.89. The Bertz CT molecular complexity index is 947. The van der Waals surface area contributed by atoms with Crippen molar-refractivity contribution in [1.29, 1.82) is 0 Å². The van der Waals surface area contributed by atoms with Gasteiger partial charge < -0.3 is 24.9 Å². The summed E-state index contributed by atoms with van der Waals surface area (Å²) in [4.78, 5) is 20.6. The monoisotopic (exact) mass is 389 g/mol. The molecule has 3 N–H and O–H groups in total. The van der Waals surface area contributed by atoms with E-state index in [0.717, 1.165) is 48.1 Å². The fraction of sp³-hybridized carbons (Fsp3) is 0.471. The normalized spacial score (nSPS) is 14.2. The van der Waals surface area contributed by atoms with Crippen LogP contribution >= 0.6 is 12.2 Å². The second-order valence-electron chi connectivity index (χ2n) is 6.39. The van der Waals surface area contributed by atoms with Crippen molar-refractivity contribution in [3.63, 3.8) is 0 Å². The van der Waals surface area contributed by atoms with Gasteiger partial charge in [-0.05, 0) is 25.8 Å². The average molecular weight is 389 g/mol. The lowest BCUT2D eigenvalue weighted by Crippen LogP contribution is -2.35. The van der Waals surface area contributed by atoms with Crippen molar-refractivity contribution in [3.05, 3.63) is 27.9 Å². The van der Waals surface area contributed by atoms with Gasteiger partial charge in [-0.25, -0.2) is 4.98 Å². The third-order valence-electron chi connectivity index (χ3n) is 4.47. The van der Waals surface area contributed by atoms with Gasteiger partial charge in [0.2, 0.25) is 5.95 Å². The smallest absolute Gasteiger partial charge is 0.322 e. The van der Waals surface area contributed by atoms with Gasteiger partial charge in [0.1, 0.15) is 22.8 Å². The molecule has 0 unspecified atom stereocenters. The molecule has 0 spiro atoms. The van der Waals surface area contributed by atoms with Crippen LogP contribution in [0, 0.1) is 11.6 Å². The Hall–Kier alpha value is -2.75. The highest BCUT2D eigenvalue weighted by Crippen LogP contribution is 2.30. The number of hydrogen-bond donors (Lipinski definition) is 3. The highest BCUT2D eigenvalue weighted by atomic mass is 32.1. The molecule has 0 amide bonds. The van der Waals surface area contributed by atoms with Gasteiger partial charge in [-0.15, -0.1) is 10.2 Å². The minimum Gasteiger partial charge on any atom is -0.480 e. The first kappa shape index (κ1) is 19.0. The van der Waals surface area contributed by atoms with Crippen LogP contribution in [0.4, 0.5) is 11.8 Å². The highest BCUT2D eigenvalue weighted by molar-refractivity contribution is 7.71. The average Bonchev–Trinajstić information content (AvgIpc) is 3.00. The van der Waals surface area contributed by atoms with Crippen LogP contribution in [0.15, 0.2) is 6.08 Å². The Kier molecular flexibility index (Phi) is 5.54. The summed E-state index contributed by atoms with van der Waals surface area (Å²) < 4.78 is 2.53. The Labute approximate surface area is 162 Å². The number of nitrogens with zero attached hydrogens (tertiary/aromatic N) is 5. The van der Waals surface area contributed by atoms with Gasteiger partial charge in [-0.1, -0.05) is 25.2 Å². The summed E-state index contributed by atoms with van der Waals surface area (Å²) in [6.07, 6.45) is 2.98. The molecule has 9 nitrogen and oxygen atoms in total. The maximum Gasteiger partial charge on any atom is 0.322 e. The number of fused-ring (bicyclic) bond motifs is 1. The second kappa shape index (κ2) is 7.87. The van der Waals surface area contributed by atoms with E-state index in [1.807, 2.05) is 13.8 Å². The lowest BCUT2D eigenvalue weighted by Gasteiger charge is -2.31. The SMILES string of the molecule is CC/C=C(/C)c1c(N2CCn3c(C)nnc3C2)[nH]c(NCC(=O)O)nc1=S. The maximum absolute atomic E-state index is 10.9. The largest absolute Gasteiger partial charge is 0.480 e. The van der Waals surface area contributed by atoms with Crippen LogP contribution in [0.2, 0.25) is 0 Å². The molecule has 1 aliphatic rings. The van der Waals surface area contributed by atoms with E-state index in [0.29, 0.717) is 17.1 Å². The van der Waals surface area contributed by atoms with Gasteiger partial charge in [-0.2, -0.15) is 0 Å². The van der Waals surface area contributed by atoms with E-state index < -0.39 is 5.97 Å². The Morgan fingerprint density at radius 3 is 2.89 bits per heavy atom. The van der Waals surface area contributed by atoms with E-state index in [1.165, 1.54) is 0 Å². The standard InChI is InChI=1S/C17H23N7O2S/c1-4-5-10(2)14-15(19-17(20-16(14)27)18-8-13(25)26)23-6-7-24-11(3)21-22-12(24)9-23/h5H,4,6-9H2,1-3H3,(H,25,26)(H2,18,19,20,27)/b10-5-. The topological polar surface area (TPSA) is 112 Å². The number of aromatic amines is 1. The number of H-pyrrole nitrogens is 1. The molecule has 0 saturated carbocycles. The molecule has 0 fully saturated rings. The molecule has 0 radical (unpaired) electrons. The number of carbonyl (C=O) groups is 1. The molecule has 0 saturated heterocycles. The quantitative estimate of drug-likeness (QED) is 0.646. The molecule has 2 aromatic rings. The molecule has 10 heteroatoms. The number of nitrogens with one attached hydrogen (secondary N) is 2. The third-order valence-corrected chi connectivity index (χ3v) is 4.76. The lowest BCUT2D eigenvalue weighted by molar-refractivity contribution is -0.134. The molecular formula is C17H23N7O2S. The maximum atomic E-state index is 10.9. The van der Waals surface area contributed by atoms with E-state index in [2.05, 4.69) is 47.9 Å². The van der Waals surface area contributed by atoms with Crippen LogP contribution in [0.1, 0.15) is 37.5 Å². The molecule has 2 aromatic heterocycles. The predicted molar refractivity (Wildman–Crippen MR) is 105 cm³/mol. The number of rotatable bonds is 6. The summed E-state index contributed by atoms with van der Waals surface area (Å²) in [5, 5.41) is 20.1. The molecule has 1 aliphatic heterocycles. The van der Waals surface area contributed by atoms with Crippen molar-refractivity contribution in [2.75, 3.05) is 23.3 Å². The second-order valence-corrected chi connectivity index (χ2v) is 6.78. The van der Waals surface area contributed by atoms with Gasteiger partial charge in [0.05, 0.1) is 12.1 Å². The van der Waals surface area contributed by atoms with Crippen molar-refractivity contribution in [2.24, 2.45) is 0 Å². The minimum atomic E-state index is -0.967. The minimum absolute atomic E-state index is 0.242. The van der Waals surface area contributed by atoms with Crippen LogP contribution in [0.25, 0.3) is 5.57 Å². The first-order chi connectivity index (χ1) is 12.9. The Morgan fingerprint density at radius 2 is 2.19 bits per heavy atom. The molecular weight excluding hydrogens is 366 g/mol. The van der Waals surface area contributed by atoms with Crippen LogP contribution in [-0.4, -0.2) is 48.9 Å². The summed E-state index contributed by atoms with van der Waals surface area (Å²) in [7, 11) is 0. The van der Waals surface area contributed by atoms with Crippen LogP contribution < -0.4 is 10.2 Å². The first-order valence-corrected chi connectivity index (χ1v) is 9.22. The van der Waals surface area contributed by atoms with Crippen molar-refractivity contribution in [2.45, 2.75) is 40.3 Å². The van der Waals surface area contributed by atoms with Gasteiger partial charge in [0, 0.05) is 13.1 Å². The number of aromatic nitrogens is 5. The van der Waals surface area contributed by atoms with Crippen LogP contribution in [0.3, 0.4) is 0 Å². The van der Waals surface area contributed by atoms with Crippen LogP contribution in [0.5, 0.6) is 0 Å². The molecule has 3 rings (SSSR count). The van der Waals surface area contributed by atoms with E-state index in [4.69, 9.17) is 17.3 Å². The van der Waals surface area contributed by atoms with E-state index >= 15 is 0 Å². The first-order valence-electron chi connectivity index (χ1n) is 8.81. The number of aryl methyl sites for hydroxylation is 1. The zero-order valence-corrected chi connectivity index (χ0v) is 16.4. The fourth-order valence-electron chi connectivity index (χ4n) is 3.20. The molecule has 3 heterocycles. The summed E-state index contributed by atoms with van der Waals surface area (Å²) in [5.41, 5.74) is 1.90. The molecule has 144 valence electrons. The van der Waals surface area contributed by atoms with Crippen LogP contribution in [-0.2, 0) is 17.9 Å². The molecule has 27 heavy (non-hydrogen) atoms. The number of anilines is 2. The van der Waals surface area contributed by atoms with Gasteiger partial charge in [-0.3, -0.25) is 4.79 Å². The Balaban J connectivity index is 2.04. The van der Waals surface area contributed by atoms with Gasteiger partial charge in [0.25, 0.3) is 0 Å². The number of aliphatic carboxylic acids is 1. The van der Waals surface area contributed by atoms with E-state index in [9.17, 15) is 4.79 Å². The number of allylic oxidation sites excluding steroid dienone is 2. The van der Waals surface area contributed by atoms with E-state index in [1.54, 1.807) is 0 Å². The van der Waals surface area contributed by atoms with Gasteiger partial charge >= 0.3 is 5.97 Å². The molecule has 0 aromatic carbocycles. The molecule has 0 atom stereocenters. The van der Waals surface area contributed by atoms with E-state index in [-0.39, 0.29) is 6.54 Å². The predicted octanol–water partition coefficient (Wildman–Crippen LogP) is 2.37. The Morgan fingerprint density at radius 1 is 1.41 bits per heavy atom. The summed E-state index contributed by atoms with van der Waals surface area (Å²) in [5.74, 6) is 1.98. The zero-order valence-electron chi connectivity index (χ0n) is 15.6. The third kappa shape index (κ3) is 4.00. The zero-order chi connectivity index (χ0) is 19.6. The number of carboxylic acid groups (broad SMARTS) is 1. The fourth-order valence-corrected chi connectivity index (χ4v) is 3.55. The summed E-state index contributed by atoms with van der Waals surface area (Å²) in [6, 6.07) is 0. The van der Waals surface area contributed by atoms with Crippen molar-refractivity contribution >= 4 is 35.5 Å². The molecule has 0 aliphatic carbocycles. The molecule has 0 bridgehead atoms. The summed E-state index contributed by atoms with van der Waals surface area (Å²) >= 11 is 5.53. The van der Waals surface area contributed by atoms with Crippen molar-refractivity contribution in [1.82, 2.24) is 24.7 Å². The highest BCUT2D eigenvalue weighted by Gasteiger charge is 2.24. The lowest BCUT2D eigenvalue weighted by atomic mass is 10.1. The number of carboxylic acids is 1.